The Morgan fingerprint density at radius 3 is 1.52 bits per heavy atom. The van der Waals surface area contributed by atoms with Crippen LogP contribution in [0.4, 0.5) is 5.69 Å². The lowest BCUT2D eigenvalue weighted by atomic mass is 10.0. The summed E-state index contributed by atoms with van der Waals surface area (Å²) in [5, 5.41) is 4.05. The average Bonchev–Trinajstić information content (AvgIpc) is 3.42. The second kappa shape index (κ2) is 22.6. The summed E-state index contributed by atoms with van der Waals surface area (Å²) in [4.78, 5) is 20.1. The Morgan fingerprint density at radius 2 is 1.05 bits per heavy atom. The van der Waals surface area contributed by atoms with Crippen molar-refractivity contribution in [2.45, 2.75) is 142 Å². The van der Waals surface area contributed by atoms with E-state index in [0.29, 0.717) is 11.3 Å². The Bertz CT molecular complexity index is 1070. The number of oxime groups is 1. The zero-order chi connectivity index (χ0) is 31.1. The topological polar surface area (TPSA) is 41.9 Å². The number of rotatable bonds is 25. The highest BCUT2D eigenvalue weighted by Crippen LogP contribution is 2.24. The van der Waals surface area contributed by atoms with Crippen molar-refractivity contribution < 1.29 is 9.63 Å². The van der Waals surface area contributed by atoms with Gasteiger partial charge in [-0.05, 0) is 36.6 Å². The summed E-state index contributed by atoms with van der Waals surface area (Å²) in [7, 11) is 0. The predicted molar refractivity (Wildman–Crippen MR) is 189 cm³/mol. The van der Waals surface area contributed by atoms with E-state index >= 15 is 0 Å². The van der Waals surface area contributed by atoms with Gasteiger partial charge in [0.2, 0.25) is 0 Å². The van der Waals surface area contributed by atoms with Crippen molar-refractivity contribution >= 4 is 23.4 Å². The highest BCUT2D eigenvalue weighted by molar-refractivity contribution is 6.31. The predicted octanol–water partition coefficient (Wildman–Crippen LogP) is 11.7. The number of hydrogen-bond donors (Lipinski definition) is 0. The van der Waals surface area contributed by atoms with Crippen molar-refractivity contribution in [2.75, 3.05) is 18.0 Å². The van der Waals surface area contributed by atoms with Crippen LogP contribution in [0.5, 0.6) is 0 Å². The van der Waals surface area contributed by atoms with Crippen LogP contribution in [-0.2, 0) is 9.63 Å². The zero-order valence-corrected chi connectivity index (χ0v) is 28.0. The van der Waals surface area contributed by atoms with Crippen LogP contribution >= 0.6 is 0 Å². The summed E-state index contributed by atoms with van der Waals surface area (Å²) in [6.07, 6.45) is 29.2. The molecule has 1 heterocycles. The van der Waals surface area contributed by atoms with Gasteiger partial charge in [-0.25, -0.2) is 4.79 Å². The molecule has 3 rings (SSSR count). The second-order valence-corrected chi connectivity index (χ2v) is 12.7. The van der Waals surface area contributed by atoms with Crippen LogP contribution in [-0.4, -0.2) is 24.8 Å². The molecule has 0 spiro atoms. The van der Waals surface area contributed by atoms with E-state index in [1.54, 1.807) is 0 Å². The minimum absolute atomic E-state index is 0.392. The van der Waals surface area contributed by atoms with Gasteiger partial charge in [-0.1, -0.05) is 177 Å². The van der Waals surface area contributed by atoms with Gasteiger partial charge in [-0.3, -0.25) is 0 Å². The molecule has 4 heteroatoms. The van der Waals surface area contributed by atoms with E-state index in [0.717, 1.165) is 24.2 Å². The molecular formula is C40H60N2O2. The minimum Gasteiger partial charge on any atom is -0.372 e. The number of carbonyl (C=O) groups is 1. The fourth-order valence-electron chi connectivity index (χ4n) is 6.11. The first-order chi connectivity index (χ1) is 21.7. The molecule has 0 amide bonds. The molecule has 0 aliphatic carbocycles. The van der Waals surface area contributed by atoms with Gasteiger partial charge >= 0.3 is 5.97 Å². The summed E-state index contributed by atoms with van der Waals surface area (Å²) in [6.45, 7) is 6.81. The van der Waals surface area contributed by atoms with Crippen molar-refractivity contribution in [3.63, 3.8) is 0 Å². The first-order valence-electron chi connectivity index (χ1n) is 18.1. The maximum Gasteiger partial charge on any atom is 0.368 e. The highest BCUT2D eigenvalue weighted by Gasteiger charge is 2.26. The maximum absolute atomic E-state index is 12.5. The largest absolute Gasteiger partial charge is 0.372 e. The molecule has 0 radical (unpaired) electrons. The van der Waals surface area contributed by atoms with Crippen molar-refractivity contribution in [3.05, 3.63) is 71.3 Å². The van der Waals surface area contributed by atoms with Crippen LogP contribution in [0.15, 0.2) is 65.3 Å². The summed E-state index contributed by atoms with van der Waals surface area (Å²) in [6, 6.07) is 18.5. The highest BCUT2D eigenvalue weighted by atomic mass is 16.7. The average molecular weight is 601 g/mol. The molecule has 2 aromatic rings. The van der Waals surface area contributed by atoms with E-state index in [1.807, 2.05) is 36.4 Å². The molecule has 0 unspecified atom stereocenters. The van der Waals surface area contributed by atoms with E-state index in [4.69, 9.17) is 4.84 Å². The number of nitrogens with zero attached hydrogens (tertiary/aromatic N) is 2. The Hall–Kier alpha value is -2.88. The van der Waals surface area contributed by atoms with E-state index in [-0.39, 0.29) is 0 Å². The van der Waals surface area contributed by atoms with Gasteiger partial charge in [0.15, 0.2) is 0 Å². The van der Waals surface area contributed by atoms with Gasteiger partial charge in [0.05, 0.1) is 5.57 Å². The lowest BCUT2D eigenvalue weighted by molar-refractivity contribution is -0.136. The molecule has 1 aliphatic rings. The molecule has 0 aromatic heterocycles. The molecule has 242 valence electrons. The van der Waals surface area contributed by atoms with Gasteiger partial charge in [0.25, 0.3) is 0 Å². The van der Waals surface area contributed by atoms with E-state index in [9.17, 15) is 4.79 Å². The number of benzene rings is 2. The third kappa shape index (κ3) is 13.8. The number of unbranched alkanes of at least 4 members (excludes halogenated alkanes) is 18. The van der Waals surface area contributed by atoms with Crippen LogP contribution < -0.4 is 4.90 Å². The van der Waals surface area contributed by atoms with E-state index in [2.05, 4.69) is 48.2 Å². The van der Waals surface area contributed by atoms with Gasteiger partial charge in [0, 0.05) is 24.3 Å². The lowest BCUT2D eigenvalue weighted by Gasteiger charge is -2.25. The fourth-order valence-corrected chi connectivity index (χ4v) is 6.11. The molecule has 2 aromatic carbocycles. The van der Waals surface area contributed by atoms with Crippen molar-refractivity contribution in [3.8, 4) is 0 Å². The van der Waals surface area contributed by atoms with Crippen molar-refractivity contribution in [1.82, 2.24) is 0 Å². The van der Waals surface area contributed by atoms with E-state index < -0.39 is 5.97 Å². The quantitative estimate of drug-likeness (QED) is 0.0646. The van der Waals surface area contributed by atoms with E-state index in [1.165, 1.54) is 134 Å². The molecule has 0 atom stereocenters. The minimum atomic E-state index is -0.392. The Kier molecular flexibility index (Phi) is 18.3. The number of anilines is 1. The van der Waals surface area contributed by atoms with Gasteiger partial charge < -0.3 is 9.74 Å². The summed E-state index contributed by atoms with van der Waals surface area (Å²) < 4.78 is 0. The third-order valence-electron chi connectivity index (χ3n) is 8.87. The van der Waals surface area contributed by atoms with Crippen LogP contribution in [0.25, 0.3) is 6.08 Å². The number of carbonyl (C=O) groups excluding carboxylic acids is 1. The number of hydrogen-bond acceptors (Lipinski definition) is 4. The first kappa shape index (κ1) is 35.6. The molecule has 0 bridgehead atoms. The van der Waals surface area contributed by atoms with Gasteiger partial charge in [-0.2, -0.15) is 0 Å². The summed E-state index contributed by atoms with van der Waals surface area (Å²) in [5.74, 6) is -0.392. The Morgan fingerprint density at radius 1 is 0.591 bits per heavy atom. The normalized spacial score (nSPS) is 13.8. The monoisotopic (exact) mass is 600 g/mol. The standard InChI is InChI=1S/C40H60N2O2/c1-3-5-7-9-11-13-15-17-19-24-32-42(33-25-20-18-16-14-12-10-8-6-4-2)37-30-28-35(29-31-37)34-38-39(41-44-40(38)43)36-26-22-21-23-27-36/h21-23,26-31,34H,3-20,24-25,32-33H2,1-2H3/b38-34+. The Balaban J connectivity index is 1.50. The van der Waals surface area contributed by atoms with Gasteiger partial charge in [-0.15, -0.1) is 0 Å². The fraction of sp³-hybridized carbons (Fsp3) is 0.600. The van der Waals surface area contributed by atoms with Crippen molar-refractivity contribution in [1.29, 1.82) is 0 Å². The third-order valence-corrected chi connectivity index (χ3v) is 8.87. The molecule has 0 N–H and O–H groups in total. The zero-order valence-electron chi connectivity index (χ0n) is 28.0. The lowest BCUT2D eigenvalue weighted by Crippen LogP contribution is -2.25. The van der Waals surface area contributed by atoms with Crippen molar-refractivity contribution in [2.24, 2.45) is 5.16 Å². The Labute approximate surface area is 269 Å². The molecule has 0 saturated carbocycles. The molecule has 4 nitrogen and oxygen atoms in total. The molecule has 0 fully saturated rings. The molecule has 0 saturated heterocycles. The summed E-state index contributed by atoms with van der Waals surface area (Å²) in [5.41, 5.74) is 4.27. The van der Waals surface area contributed by atoms with Crippen LogP contribution in [0.2, 0.25) is 0 Å². The molecular weight excluding hydrogens is 540 g/mol. The van der Waals surface area contributed by atoms with Gasteiger partial charge in [0.1, 0.15) is 5.71 Å². The molecule has 44 heavy (non-hydrogen) atoms. The van der Waals surface area contributed by atoms with Crippen LogP contribution in [0, 0.1) is 0 Å². The molecule has 1 aliphatic heterocycles. The maximum atomic E-state index is 12.5. The van der Waals surface area contributed by atoms with Crippen LogP contribution in [0.1, 0.15) is 153 Å². The summed E-state index contributed by atoms with van der Waals surface area (Å²) >= 11 is 0. The first-order valence-corrected chi connectivity index (χ1v) is 18.1. The van der Waals surface area contributed by atoms with Crippen LogP contribution in [0.3, 0.4) is 0 Å². The SMILES string of the molecule is CCCCCCCCCCCCN(CCCCCCCCCCCC)c1ccc(/C=C2/C(=O)ON=C2c2ccccc2)cc1. The second-order valence-electron chi connectivity index (χ2n) is 12.7. The smallest absolute Gasteiger partial charge is 0.368 e.